The third-order valence-corrected chi connectivity index (χ3v) is 5.31. The Kier molecular flexibility index (Phi) is 5.07. The molecule has 1 fully saturated rings. The van der Waals surface area contributed by atoms with E-state index in [2.05, 4.69) is 20.2 Å². The van der Waals surface area contributed by atoms with Gasteiger partial charge in [0, 0.05) is 36.7 Å². The van der Waals surface area contributed by atoms with Gasteiger partial charge < -0.3 is 15.0 Å². The number of hydrogen-bond donors (Lipinski definition) is 1. The van der Waals surface area contributed by atoms with Gasteiger partial charge in [-0.3, -0.25) is 9.88 Å². The Balaban J connectivity index is 1.58. The maximum absolute atomic E-state index is 13.9. The third kappa shape index (κ3) is 3.86. The molecule has 2 amide bonds. The largest absolute Gasteiger partial charge is 0.485 e. The summed E-state index contributed by atoms with van der Waals surface area (Å²) in [7, 11) is 0. The van der Waals surface area contributed by atoms with Crippen LogP contribution in [-0.4, -0.2) is 47.2 Å². The van der Waals surface area contributed by atoms with Crippen molar-refractivity contribution in [1.29, 1.82) is 0 Å². The van der Waals surface area contributed by atoms with Crippen LogP contribution in [0.15, 0.2) is 48.8 Å². The lowest BCUT2D eigenvalue weighted by atomic mass is 10.2. The van der Waals surface area contributed by atoms with Crippen molar-refractivity contribution in [3.63, 3.8) is 0 Å². The van der Waals surface area contributed by atoms with E-state index in [4.69, 9.17) is 9.72 Å². The Morgan fingerprint density at radius 2 is 1.81 bits per heavy atom. The first-order chi connectivity index (χ1) is 15.2. The molecule has 0 radical (unpaired) electrons. The van der Waals surface area contributed by atoms with Gasteiger partial charge in [-0.2, -0.15) is 0 Å². The Bertz CT molecular complexity index is 1100. The maximum Gasteiger partial charge on any atom is 0.327 e. The number of carbonyl (C=O) groups is 1. The first-order valence-electron chi connectivity index (χ1n) is 10.2. The molecule has 2 aromatic heterocycles. The van der Waals surface area contributed by atoms with Gasteiger partial charge in [-0.25, -0.2) is 19.2 Å². The summed E-state index contributed by atoms with van der Waals surface area (Å²) in [6.07, 6.45) is 5.33. The second-order valence-corrected chi connectivity index (χ2v) is 7.39. The van der Waals surface area contributed by atoms with Crippen LogP contribution in [0.25, 0.3) is 11.4 Å². The highest BCUT2D eigenvalue weighted by molar-refractivity contribution is 6.03. The molecule has 2 aliphatic heterocycles. The smallest absolute Gasteiger partial charge is 0.327 e. The van der Waals surface area contributed by atoms with Gasteiger partial charge in [-0.05, 0) is 37.1 Å². The molecule has 0 unspecified atom stereocenters. The fraction of sp³-hybridized carbons (Fsp3) is 0.273. The maximum atomic E-state index is 13.9. The van der Waals surface area contributed by atoms with Crippen LogP contribution in [0.2, 0.25) is 0 Å². The van der Waals surface area contributed by atoms with E-state index in [1.54, 1.807) is 41.6 Å². The Labute approximate surface area is 178 Å². The number of nitrogens with zero attached hydrogens (tertiary/aromatic N) is 5. The van der Waals surface area contributed by atoms with E-state index in [9.17, 15) is 9.18 Å². The van der Waals surface area contributed by atoms with Crippen molar-refractivity contribution < 1.29 is 13.9 Å². The fourth-order valence-electron chi connectivity index (χ4n) is 3.81. The molecule has 0 aliphatic carbocycles. The van der Waals surface area contributed by atoms with Crippen LogP contribution < -0.4 is 19.9 Å². The van der Waals surface area contributed by atoms with E-state index < -0.39 is 0 Å². The van der Waals surface area contributed by atoms with Gasteiger partial charge in [-0.15, -0.1) is 0 Å². The van der Waals surface area contributed by atoms with Crippen LogP contribution >= 0.6 is 0 Å². The number of benzene rings is 1. The van der Waals surface area contributed by atoms with Gasteiger partial charge in [0.1, 0.15) is 12.4 Å². The van der Waals surface area contributed by atoms with Gasteiger partial charge in [0.25, 0.3) is 0 Å². The second-order valence-electron chi connectivity index (χ2n) is 7.39. The molecule has 2 aliphatic rings. The number of fused-ring (bicyclic) bond motifs is 1. The van der Waals surface area contributed by atoms with E-state index in [1.807, 2.05) is 0 Å². The molecule has 4 heterocycles. The summed E-state index contributed by atoms with van der Waals surface area (Å²) >= 11 is 0. The van der Waals surface area contributed by atoms with E-state index in [0.29, 0.717) is 47.6 Å². The number of halogens is 1. The Morgan fingerprint density at radius 3 is 2.58 bits per heavy atom. The number of anilines is 3. The topological polar surface area (TPSA) is 83.5 Å². The summed E-state index contributed by atoms with van der Waals surface area (Å²) in [5.41, 5.74) is 1.18. The molecular formula is C22H21FN6O2. The minimum atomic E-state index is -0.370. The number of pyridine rings is 1. The Morgan fingerprint density at radius 1 is 1.03 bits per heavy atom. The molecule has 8 nitrogen and oxygen atoms in total. The highest BCUT2D eigenvalue weighted by Gasteiger charge is 2.32. The average Bonchev–Trinajstić information content (AvgIpc) is 3.33. The highest BCUT2D eigenvalue weighted by atomic mass is 19.1. The predicted molar refractivity (Wildman–Crippen MR) is 115 cm³/mol. The second kappa shape index (κ2) is 8.17. The number of nitrogens with one attached hydrogen (secondary N) is 1. The molecule has 1 aromatic carbocycles. The van der Waals surface area contributed by atoms with Crippen LogP contribution in [0.3, 0.4) is 0 Å². The Hall–Kier alpha value is -3.75. The van der Waals surface area contributed by atoms with Gasteiger partial charge >= 0.3 is 6.03 Å². The number of amides is 2. The molecule has 1 N–H and O–H groups in total. The molecule has 0 bridgehead atoms. The number of ether oxygens (including phenoxy) is 1. The molecule has 3 aromatic rings. The van der Waals surface area contributed by atoms with E-state index >= 15 is 0 Å². The van der Waals surface area contributed by atoms with Crippen LogP contribution in [0.1, 0.15) is 12.8 Å². The van der Waals surface area contributed by atoms with E-state index in [1.165, 1.54) is 12.1 Å². The summed E-state index contributed by atoms with van der Waals surface area (Å²) in [5.74, 6) is 1.49. The molecule has 0 saturated carbocycles. The number of hydrogen-bond acceptors (Lipinski definition) is 6. The lowest BCUT2D eigenvalue weighted by Gasteiger charge is -2.31. The van der Waals surface area contributed by atoms with Crippen molar-refractivity contribution in [2.24, 2.45) is 0 Å². The standard InChI is InChI=1S/C22H21FN6O2/c23-16-5-3-4-15(14-16)19-26-20(28-10-1-2-11-28)18-21(27-19)29(12-13-31-18)22(30)25-17-6-8-24-9-7-17/h3-9,14H,1-2,10-13H2,(H,24,25,30). The number of carbonyl (C=O) groups excluding carboxylic acids is 1. The predicted octanol–water partition coefficient (Wildman–Crippen LogP) is 3.71. The van der Waals surface area contributed by atoms with Gasteiger partial charge in [0.2, 0.25) is 5.75 Å². The summed E-state index contributed by atoms with van der Waals surface area (Å²) in [6.45, 7) is 2.36. The molecule has 5 rings (SSSR count). The summed E-state index contributed by atoms with van der Waals surface area (Å²) < 4.78 is 19.8. The number of aromatic nitrogens is 3. The van der Waals surface area contributed by atoms with Crippen molar-refractivity contribution in [1.82, 2.24) is 15.0 Å². The minimum Gasteiger partial charge on any atom is -0.485 e. The van der Waals surface area contributed by atoms with Crippen LogP contribution in [0, 0.1) is 5.82 Å². The zero-order chi connectivity index (χ0) is 21.2. The van der Waals surface area contributed by atoms with Gasteiger partial charge in [0.15, 0.2) is 17.5 Å². The first-order valence-corrected chi connectivity index (χ1v) is 10.2. The average molecular weight is 420 g/mol. The first kappa shape index (κ1) is 19.2. The van der Waals surface area contributed by atoms with Gasteiger partial charge in [0.05, 0.1) is 6.54 Å². The van der Waals surface area contributed by atoms with Crippen LogP contribution in [0.5, 0.6) is 5.75 Å². The number of rotatable bonds is 3. The van der Waals surface area contributed by atoms with Gasteiger partial charge in [-0.1, -0.05) is 12.1 Å². The molecule has 158 valence electrons. The van der Waals surface area contributed by atoms with Crippen LogP contribution in [-0.2, 0) is 0 Å². The van der Waals surface area contributed by atoms with Crippen molar-refractivity contribution >= 4 is 23.4 Å². The normalized spacial score (nSPS) is 15.4. The molecule has 0 atom stereocenters. The quantitative estimate of drug-likeness (QED) is 0.696. The van der Waals surface area contributed by atoms with Crippen LogP contribution in [0.4, 0.5) is 26.5 Å². The monoisotopic (exact) mass is 420 g/mol. The zero-order valence-electron chi connectivity index (χ0n) is 16.8. The summed E-state index contributed by atoms with van der Waals surface area (Å²) in [4.78, 5) is 30.1. The lowest BCUT2D eigenvalue weighted by molar-refractivity contribution is 0.249. The molecule has 0 spiro atoms. The molecule has 9 heteroatoms. The zero-order valence-corrected chi connectivity index (χ0v) is 16.8. The fourth-order valence-corrected chi connectivity index (χ4v) is 3.81. The molecule has 31 heavy (non-hydrogen) atoms. The molecular weight excluding hydrogens is 399 g/mol. The molecule has 1 saturated heterocycles. The van der Waals surface area contributed by atoms with Crippen molar-refractivity contribution in [2.45, 2.75) is 12.8 Å². The van der Waals surface area contributed by atoms with E-state index in [-0.39, 0.29) is 11.8 Å². The van der Waals surface area contributed by atoms with Crippen molar-refractivity contribution in [3.05, 3.63) is 54.6 Å². The van der Waals surface area contributed by atoms with Crippen molar-refractivity contribution in [2.75, 3.05) is 41.4 Å². The summed E-state index contributed by atoms with van der Waals surface area (Å²) in [5, 5.41) is 2.87. The SMILES string of the molecule is O=C(Nc1ccncc1)N1CCOc2c(N3CCCC3)nc(-c3cccc(F)c3)nc21. The summed E-state index contributed by atoms with van der Waals surface area (Å²) in [6, 6.07) is 9.24. The lowest BCUT2D eigenvalue weighted by Crippen LogP contribution is -2.42. The van der Waals surface area contributed by atoms with E-state index in [0.717, 1.165) is 25.9 Å². The highest BCUT2D eigenvalue weighted by Crippen LogP contribution is 2.40. The number of urea groups is 1. The minimum absolute atomic E-state index is 0.327. The van der Waals surface area contributed by atoms with Crippen molar-refractivity contribution in [3.8, 4) is 17.1 Å². The third-order valence-electron chi connectivity index (χ3n) is 5.31.